The van der Waals surface area contributed by atoms with Crippen LogP contribution in [-0.4, -0.2) is 22.4 Å². The number of carbonyl (C=O) groups excluding carboxylic acids is 1. The predicted molar refractivity (Wildman–Crippen MR) is 99.3 cm³/mol. The third kappa shape index (κ3) is 5.41. The van der Waals surface area contributed by atoms with Crippen molar-refractivity contribution in [2.75, 3.05) is 11.9 Å². The van der Waals surface area contributed by atoms with Gasteiger partial charge in [-0.05, 0) is 56.4 Å². The molecule has 0 aliphatic heterocycles. The molecule has 25 heavy (non-hydrogen) atoms. The largest absolute Gasteiger partial charge is 0.370 e. The zero-order valence-corrected chi connectivity index (χ0v) is 14.4. The maximum Gasteiger partial charge on any atom is 0.251 e. The smallest absolute Gasteiger partial charge is 0.251 e. The minimum Gasteiger partial charge on any atom is -0.370 e. The van der Waals surface area contributed by atoms with Crippen LogP contribution in [0.3, 0.4) is 0 Å². The van der Waals surface area contributed by atoms with E-state index >= 15 is 0 Å². The number of aromatic nitrogens is 2. The molecule has 0 saturated heterocycles. The second-order valence-corrected chi connectivity index (χ2v) is 6.22. The summed E-state index contributed by atoms with van der Waals surface area (Å²) in [7, 11) is 0. The van der Waals surface area contributed by atoms with Crippen molar-refractivity contribution in [3.8, 4) is 0 Å². The first-order valence-electron chi connectivity index (χ1n) is 8.87. The van der Waals surface area contributed by atoms with E-state index in [0.717, 1.165) is 24.5 Å². The Morgan fingerprint density at radius 2 is 2.08 bits per heavy atom. The topological polar surface area (TPSA) is 66.9 Å². The van der Waals surface area contributed by atoms with Crippen molar-refractivity contribution in [3.63, 3.8) is 0 Å². The van der Waals surface area contributed by atoms with E-state index in [1.165, 1.54) is 31.3 Å². The Bertz CT molecular complexity index is 727. The van der Waals surface area contributed by atoms with Crippen LogP contribution in [-0.2, 0) is 6.54 Å². The molecule has 0 fully saturated rings. The molecule has 2 aromatic rings. The molecule has 2 heterocycles. The highest BCUT2D eigenvalue weighted by atomic mass is 16.1. The normalized spacial score (nSPS) is 13.8. The molecule has 0 radical (unpaired) electrons. The second-order valence-electron chi connectivity index (χ2n) is 6.22. The van der Waals surface area contributed by atoms with Gasteiger partial charge >= 0.3 is 0 Å². The fourth-order valence-electron chi connectivity index (χ4n) is 2.93. The maximum absolute atomic E-state index is 12.3. The highest BCUT2D eigenvalue weighted by Gasteiger charge is 2.08. The Kier molecular flexibility index (Phi) is 6.15. The van der Waals surface area contributed by atoms with E-state index in [1.54, 1.807) is 24.5 Å². The van der Waals surface area contributed by atoms with E-state index < -0.39 is 0 Å². The molecule has 3 rings (SSSR count). The van der Waals surface area contributed by atoms with Gasteiger partial charge in [0, 0.05) is 24.5 Å². The zero-order chi connectivity index (χ0) is 17.3. The average Bonchev–Trinajstić information content (AvgIpc) is 2.68. The van der Waals surface area contributed by atoms with Crippen molar-refractivity contribution in [2.45, 2.75) is 38.6 Å². The van der Waals surface area contributed by atoms with Gasteiger partial charge in [0.05, 0.1) is 12.2 Å². The summed E-state index contributed by atoms with van der Waals surface area (Å²) < 4.78 is 0. The quantitative estimate of drug-likeness (QED) is 0.757. The summed E-state index contributed by atoms with van der Waals surface area (Å²) in [5.41, 5.74) is 2.97. The molecule has 0 bridgehead atoms. The first kappa shape index (κ1) is 17.1. The third-order valence-electron chi connectivity index (χ3n) is 4.32. The minimum atomic E-state index is -0.119. The van der Waals surface area contributed by atoms with Crippen LogP contribution in [0.1, 0.15) is 48.2 Å². The Hall–Kier alpha value is -2.69. The lowest BCUT2D eigenvalue weighted by molar-refractivity contribution is 0.0950. The van der Waals surface area contributed by atoms with Crippen LogP contribution in [0.4, 0.5) is 5.82 Å². The standard InChI is InChI=1S/C20H24N4O/c25-20(24-15-18-8-4-5-11-21-18)17-10-13-23-19(14-17)22-12-9-16-6-2-1-3-7-16/h4-6,8,10-11,13-14H,1-3,7,9,12,15H2,(H,22,23)(H,24,25). The molecule has 1 aliphatic rings. The molecule has 2 aromatic heterocycles. The fourth-order valence-corrected chi connectivity index (χ4v) is 2.93. The molecule has 5 heteroatoms. The number of anilines is 1. The van der Waals surface area contributed by atoms with Crippen molar-refractivity contribution >= 4 is 11.7 Å². The van der Waals surface area contributed by atoms with Gasteiger partial charge in [-0.3, -0.25) is 9.78 Å². The van der Waals surface area contributed by atoms with Crippen molar-refractivity contribution in [2.24, 2.45) is 0 Å². The predicted octanol–water partition coefficient (Wildman–Crippen LogP) is 3.71. The fraction of sp³-hybridized carbons (Fsp3) is 0.350. The molecule has 0 atom stereocenters. The lowest BCUT2D eigenvalue weighted by Gasteiger charge is -2.13. The average molecular weight is 336 g/mol. The molecule has 1 aliphatic carbocycles. The molecule has 1 amide bonds. The number of rotatable bonds is 7. The van der Waals surface area contributed by atoms with Crippen LogP contribution in [0.5, 0.6) is 0 Å². The number of allylic oxidation sites excluding steroid dienone is 1. The van der Waals surface area contributed by atoms with Crippen LogP contribution < -0.4 is 10.6 Å². The molecular weight excluding hydrogens is 312 g/mol. The summed E-state index contributed by atoms with van der Waals surface area (Å²) in [6, 6.07) is 9.17. The maximum atomic E-state index is 12.3. The van der Waals surface area contributed by atoms with E-state index in [9.17, 15) is 4.79 Å². The van der Waals surface area contributed by atoms with Crippen molar-refractivity contribution < 1.29 is 4.79 Å². The zero-order valence-electron chi connectivity index (χ0n) is 14.4. The third-order valence-corrected chi connectivity index (χ3v) is 4.32. The number of nitrogens with zero attached hydrogens (tertiary/aromatic N) is 2. The molecule has 0 saturated carbocycles. The Balaban J connectivity index is 1.50. The van der Waals surface area contributed by atoms with E-state index in [-0.39, 0.29) is 5.91 Å². The number of carbonyl (C=O) groups is 1. The van der Waals surface area contributed by atoms with Crippen molar-refractivity contribution in [3.05, 3.63) is 65.6 Å². The van der Waals surface area contributed by atoms with E-state index in [4.69, 9.17) is 0 Å². The summed E-state index contributed by atoms with van der Waals surface area (Å²) in [5.74, 6) is 0.619. The highest BCUT2D eigenvalue weighted by Crippen LogP contribution is 2.20. The van der Waals surface area contributed by atoms with E-state index in [1.807, 2.05) is 18.2 Å². The van der Waals surface area contributed by atoms with Crippen LogP contribution in [0, 0.1) is 0 Å². The van der Waals surface area contributed by atoms with Gasteiger partial charge in [-0.15, -0.1) is 0 Å². The van der Waals surface area contributed by atoms with Crippen LogP contribution in [0.25, 0.3) is 0 Å². The van der Waals surface area contributed by atoms with Gasteiger partial charge in [-0.1, -0.05) is 17.7 Å². The molecule has 0 unspecified atom stereocenters. The summed E-state index contributed by atoms with van der Waals surface area (Å²) >= 11 is 0. The summed E-state index contributed by atoms with van der Waals surface area (Å²) in [5, 5.41) is 6.20. The van der Waals surface area contributed by atoms with E-state index in [2.05, 4.69) is 26.7 Å². The van der Waals surface area contributed by atoms with E-state index in [0.29, 0.717) is 12.1 Å². The second kappa shape index (κ2) is 8.97. The lowest BCUT2D eigenvalue weighted by atomic mass is 9.97. The molecule has 130 valence electrons. The first-order chi connectivity index (χ1) is 12.3. The van der Waals surface area contributed by atoms with Gasteiger partial charge in [0.1, 0.15) is 5.82 Å². The van der Waals surface area contributed by atoms with Gasteiger partial charge in [0.2, 0.25) is 0 Å². The molecule has 2 N–H and O–H groups in total. The van der Waals surface area contributed by atoms with Crippen molar-refractivity contribution in [1.82, 2.24) is 15.3 Å². The Labute approximate surface area is 148 Å². The first-order valence-corrected chi connectivity index (χ1v) is 8.87. The van der Waals surface area contributed by atoms with Gasteiger partial charge in [-0.2, -0.15) is 0 Å². The monoisotopic (exact) mass is 336 g/mol. The molecule has 0 spiro atoms. The number of nitrogens with one attached hydrogen (secondary N) is 2. The van der Waals surface area contributed by atoms with Crippen LogP contribution in [0.2, 0.25) is 0 Å². The van der Waals surface area contributed by atoms with Gasteiger partial charge in [0.15, 0.2) is 0 Å². The Morgan fingerprint density at radius 3 is 2.88 bits per heavy atom. The number of hydrogen-bond acceptors (Lipinski definition) is 4. The lowest BCUT2D eigenvalue weighted by Crippen LogP contribution is -2.23. The number of hydrogen-bond donors (Lipinski definition) is 2. The highest BCUT2D eigenvalue weighted by molar-refractivity contribution is 5.94. The molecule has 0 aromatic carbocycles. The van der Waals surface area contributed by atoms with Gasteiger partial charge < -0.3 is 10.6 Å². The minimum absolute atomic E-state index is 0.119. The summed E-state index contributed by atoms with van der Waals surface area (Å²) in [4.78, 5) is 20.8. The summed E-state index contributed by atoms with van der Waals surface area (Å²) in [6.45, 7) is 1.26. The number of amides is 1. The van der Waals surface area contributed by atoms with Gasteiger partial charge in [-0.25, -0.2) is 4.98 Å². The molecular formula is C20H24N4O. The van der Waals surface area contributed by atoms with Gasteiger partial charge in [0.25, 0.3) is 5.91 Å². The van der Waals surface area contributed by atoms with Crippen LogP contribution in [0.15, 0.2) is 54.4 Å². The SMILES string of the molecule is O=C(NCc1ccccn1)c1ccnc(NCCC2=CCCCC2)c1. The summed E-state index contributed by atoms with van der Waals surface area (Å²) in [6.07, 6.45) is 11.8. The number of pyridine rings is 2. The molecule has 5 nitrogen and oxygen atoms in total. The Morgan fingerprint density at radius 1 is 1.12 bits per heavy atom. The van der Waals surface area contributed by atoms with Crippen molar-refractivity contribution in [1.29, 1.82) is 0 Å². The van der Waals surface area contributed by atoms with Crippen LogP contribution >= 0.6 is 0 Å².